The molecule has 1 saturated heterocycles. The van der Waals surface area contributed by atoms with Gasteiger partial charge in [0.15, 0.2) is 6.10 Å². The van der Waals surface area contributed by atoms with Crippen LogP contribution < -0.4 is 37.5 Å². The highest BCUT2D eigenvalue weighted by molar-refractivity contribution is 5.94. The van der Waals surface area contributed by atoms with Crippen LogP contribution in [-0.2, 0) is 35.2 Å². The number of nitrogens with two attached hydrogens (primary N) is 2. The summed E-state index contributed by atoms with van der Waals surface area (Å²) in [5.74, 6) is -4.82. The molecule has 0 radical (unpaired) electrons. The fourth-order valence-corrected chi connectivity index (χ4v) is 6.13. The molecule has 51 heavy (non-hydrogen) atoms. The SMILES string of the molecule is CCC(C)[C@H](NC(=O)[C@@H]1CCCN1C[C@@H](O)[C@@H]1Cc2ccc(cc2)OCC(O)C(O)C(=O)N[C@@H](CC(N)=O)C(=O)N1)C(=O)N[C@H](C(N)=O)C(C)C. The summed E-state index contributed by atoms with van der Waals surface area (Å²) < 4.78 is 5.49. The third kappa shape index (κ3) is 11.6. The van der Waals surface area contributed by atoms with Gasteiger partial charge in [-0.25, -0.2) is 0 Å². The van der Waals surface area contributed by atoms with Gasteiger partial charge >= 0.3 is 0 Å². The molecule has 0 spiro atoms. The Balaban J connectivity index is 1.83. The van der Waals surface area contributed by atoms with E-state index < -0.39 is 97.0 Å². The van der Waals surface area contributed by atoms with Crippen LogP contribution in [0.3, 0.4) is 0 Å². The van der Waals surface area contributed by atoms with E-state index in [1.165, 1.54) is 0 Å². The van der Waals surface area contributed by atoms with Crippen LogP contribution in [0.2, 0.25) is 0 Å². The maximum absolute atomic E-state index is 13.7. The quantitative estimate of drug-likeness (QED) is 0.100. The summed E-state index contributed by atoms with van der Waals surface area (Å²) >= 11 is 0. The van der Waals surface area contributed by atoms with Crippen LogP contribution >= 0.6 is 0 Å². The van der Waals surface area contributed by atoms with Crippen LogP contribution in [0.5, 0.6) is 5.75 Å². The third-order valence-corrected chi connectivity index (χ3v) is 9.42. The highest BCUT2D eigenvalue weighted by Crippen LogP contribution is 2.21. The standard InChI is InChI=1S/C34H53N7O10/c1-5-18(4)28(33(49)39-27(17(2)3)30(36)46)40-32(48)23-7-6-12-41(23)15-24(42)21-13-19-8-10-20(11-9-19)51-16-25(43)29(45)34(50)38-22(14-26(35)44)31(47)37-21/h8-11,17-18,21-25,27-29,42-43,45H,5-7,12-16H2,1-4H3,(H2,35,44)(H2,36,46)(H,37,47)(H,38,50)(H,39,49)(H,40,48)/t18?,21-,22-,23-,24+,25?,27-,28-,29?/m0/s1. The molecule has 6 amide bonds. The van der Waals surface area contributed by atoms with Crippen LogP contribution in [-0.4, -0.2) is 124 Å². The molecule has 1 fully saturated rings. The van der Waals surface area contributed by atoms with Gasteiger partial charge in [-0.1, -0.05) is 46.2 Å². The second-order valence-electron chi connectivity index (χ2n) is 13.7. The van der Waals surface area contributed by atoms with Crippen molar-refractivity contribution in [2.24, 2.45) is 23.3 Å². The number of nitrogens with zero attached hydrogens (tertiary/aromatic N) is 1. The molecule has 1 aromatic carbocycles. The summed E-state index contributed by atoms with van der Waals surface area (Å²) in [5, 5.41) is 42.6. The van der Waals surface area contributed by atoms with Gasteiger partial charge in [0, 0.05) is 6.54 Å². The average molecular weight is 720 g/mol. The lowest BCUT2D eigenvalue weighted by Crippen LogP contribution is -2.59. The molecule has 1 aromatic rings. The van der Waals surface area contributed by atoms with Crippen molar-refractivity contribution in [3.05, 3.63) is 29.8 Å². The Hall–Kier alpha value is -4.32. The number of β-amino-alcohol motifs (C(OH)–C–C–N with tert-alkyl or cyclic N) is 1. The van der Waals surface area contributed by atoms with Crippen molar-refractivity contribution >= 4 is 35.4 Å². The Kier molecular flexibility index (Phi) is 15.1. The normalized spacial score (nSPS) is 25.6. The Labute approximate surface area is 297 Å². The van der Waals surface area contributed by atoms with Crippen molar-refractivity contribution in [1.29, 1.82) is 0 Å². The Morgan fingerprint density at radius 3 is 2.25 bits per heavy atom. The second kappa shape index (κ2) is 18.8. The predicted octanol–water partition coefficient (Wildman–Crippen LogP) is -2.83. The molecule has 4 rings (SSSR count). The summed E-state index contributed by atoms with van der Waals surface area (Å²) in [6.45, 7) is 7.09. The van der Waals surface area contributed by atoms with Crippen molar-refractivity contribution < 1.29 is 48.8 Å². The van der Waals surface area contributed by atoms with Crippen molar-refractivity contribution in [3.8, 4) is 5.75 Å². The van der Waals surface area contributed by atoms with Gasteiger partial charge in [-0.15, -0.1) is 0 Å². The summed E-state index contributed by atoms with van der Waals surface area (Å²) in [6.07, 6.45) is -3.87. The average Bonchev–Trinajstić information content (AvgIpc) is 3.54. The molecule has 17 heteroatoms. The molecule has 11 N–H and O–H groups in total. The number of likely N-dealkylation sites (tertiary alicyclic amines) is 1. The maximum Gasteiger partial charge on any atom is 0.252 e. The van der Waals surface area contributed by atoms with E-state index in [0.29, 0.717) is 37.1 Å². The first-order chi connectivity index (χ1) is 24.0. The number of primary amides is 2. The lowest BCUT2D eigenvalue weighted by Gasteiger charge is -2.33. The monoisotopic (exact) mass is 719 g/mol. The largest absolute Gasteiger partial charge is 0.491 e. The fraction of sp³-hybridized carbons (Fsp3) is 0.647. The molecular weight excluding hydrogens is 666 g/mol. The van der Waals surface area contributed by atoms with Gasteiger partial charge in [0.25, 0.3) is 5.91 Å². The predicted molar refractivity (Wildman–Crippen MR) is 183 cm³/mol. The van der Waals surface area contributed by atoms with Crippen molar-refractivity contribution in [1.82, 2.24) is 26.2 Å². The van der Waals surface area contributed by atoms with Gasteiger partial charge in [0.1, 0.15) is 36.6 Å². The Morgan fingerprint density at radius 2 is 1.67 bits per heavy atom. The molecule has 9 atom stereocenters. The van der Waals surface area contributed by atoms with Gasteiger partial charge in [0.2, 0.25) is 29.5 Å². The molecule has 3 heterocycles. The van der Waals surface area contributed by atoms with Gasteiger partial charge in [-0.2, -0.15) is 0 Å². The van der Waals surface area contributed by atoms with E-state index in [0.717, 1.165) is 0 Å². The minimum Gasteiger partial charge on any atom is -0.491 e. The van der Waals surface area contributed by atoms with Crippen molar-refractivity contribution in [2.45, 2.75) is 108 Å². The molecule has 3 aliphatic heterocycles. The van der Waals surface area contributed by atoms with Crippen molar-refractivity contribution in [3.63, 3.8) is 0 Å². The molecule has 2 bridgehead atoms. The summed E-state index contributed by atoms with van der Waals surface area (Å²) in [4.78, 5) is 78.7. The van der Waals surface area contributed by atoms with Crippen LogP contribution in [0, 0.1) is 11.8 Å². The second-order valence-corrected chi connectivity index (χ2v) is 13.7. The van der Waals surface area contributed by atoms with Gasteiger partial charge in [0.05, 0.1) is 24.6 Å². The molecule has 0 saturated carbocycles. The topological polar surface area (TPSA) is 276 Å². The number of carbonyl (C=O) groups is 6. The zero-order valence-electron chi connectivity index (χ0n) is 29.5. The number of rotatable bonds is 13. The first kappa shape index (κ1) is 41.1. The van der Waals surface area contributed by atoms with Crippen LogP contribution in [0.25, 0.3) is 0 Å². The first-order valence-electron chi connectivity index (χ1n) is 17.3. The number of aliphatic hydroxyl groups is 3. The number of aliphatic hydroxyl groups excluding tert-OH is 3. The molecule has 3 unspecified atom stereocenters. The minimum absolute atomic E-state index is 0.0702. The number of amides is 6. The number of nitrogens with one attached hydrogen (secondary N) is 4. The van der Waals surface area contributed by atoms with E-state index >= 15 is 0 Å². The summed E-state index contributed by atoms with van der Waals surface area (Å²) in [6, 6.07) is 1.40. The lowest BCUT2D eigenvalue weighted by molar-refractivity contribution is -0.140. The van der Waals surface area contributed by atoms with Gasteiger partial charge < -0.3 is 52.8 Å². The van der Waals surface area contributed by atoms with Crippen LogP contribution in [0.4, 0.5) is 0 Å². The Morgan fingerprint density at radius 1 is 1.00 bits per heavy atom. The maximum atomic E-state index is 13.7. The van der Waals surface area contributed by atoms with E-state index in [1.54, 1.807) is 43.0 Å². The number of hydrogen-bond acceptors (Lipinski definition) is 11. The van der Waals surface area contributed by atoms with Gasteiger partial charge in [-0.05, 0) is 55.3 Å². The fourth-order valence-electron chi connectivity index (χ4n) is 6.13. The van der Waals surface area contributed by atoms with E-state index in [4.69, 9.17) is 16.2 Å². The number of benzene rings is 1. The molecule has 284 valence electrons. The molecular formula is C34H53N7O10. The molecule has 3 aliphatic rings. The van der Waals surface area contributed by atoms with E-state index in [1.807, 2.05) is 13.8 Å². The lowest BCUT2D eigenvalue weighted by atomic mass is 9.96. The molecule has 0 aliphatic carbocycles. The Bertz CT molecular complexity index is 1390. The number of ether oxygens (including phenoxy) is 1. The number of hydrogen-bond donors (Lipinski definition) is 9. The third-order valence-electron chi connectivity index (χ3n) is 9.42. The highest BCUT2D eigenvalue weighted by Gasteiger charge is 2.38. The molecule has 0 aromatic heterocycles. The number of fused-ring (bicyclic) bond motifs is 12. The van der Waals surface area contributed by atoms with Crippen LogP contribution in [0.1, 0.15) is 58.9 Å². The van der Waals surface area contributed by atoms with Crippen LogP contribution in [0.15, 0.2) is 24.3 Å². The van der Waals surface area contributed by atoms with E-state index in [9.17, 15) is 44.1 Å². The number of carbonyl (C=O) groups excluding carboxylic acids is 6. The summed E-state index contributed by atoms with van der Waals surface area (Å²) in [7, 11) is 0. The van der Waals surface area contributed by atoms with E-state index in [-0.39, 0.29) is 24.8 Å². The molecule has 17 nitrogen and oxygen atoms in total. The van der Waals surface area contributed by atoms with Gasteiger partial charge in [-0.3, -0.25) is 33.7 Å². The zero-order valence-corrected chi connectivity index (χ0v) is 29.5. The summed E-state index contributed by atoms with van der Waals surface area (Å²) in [5.41, 5.74) is 11.5. The smallest absolute Gasteiger partial charge is 0.252 e. The van der Waals surface area contributed by atoms with E-state index in [2.05, 4.69) is 21.3 Å². The van der Waals surface area contributed by atoms with Crippen molar-refractivity contribution in [2.75, 3.05) is 19.7 Å². The zero-order chi connectivity index (χ0) is 38.0. The first-order valence-corrected chi connectivity index (χ1v) is 17.3. The minimum atomic E-state index is -2.00. The highest BCUT2D eigenvalue weighted by atomic mass is 16.5.